The number of ether oxygens (including phenoxy) is 3. The van der Waals surface area contributed by atoms with Crippen LogP contribution in [0.2, 0.25) is 0 Å². The fourth-order valence-corrected chi connectivity index (χ4v) is 5.84. The molecule has 4 heterocycles. The van der Waals surface area contributed by atoms with Gasteiger partial charge in [0.15, 0.2) is 0 Å². The van der Waals surface area contributed by atoms with Gasteiger partial charge in [0.1, 0.15) is 5.75 Å². The van der Waals surface area contributed by atoms with Crippen LogP contribution in [0.15, 0.2) is 42.6 Å². The van der Waals surface area contributed by atoms with E-state index >= 15 is 0 Å². The largest absolute Gasteiger partial charge is 0.492 e. The molecule has 1 aromatic heterocycles. The van der Waals surface area contributed by atoms with Gasteiger partial charge >= 0.3 is 0 Å². The Bertz CT molecular complexity index is 1100. The molecule has 8 nitrogen and oxygen atoms in total. The maximum absolute atomic E-state index is 13.5. The first-order valence-electron chi connectivity index (χ1n) is 13.5. The number of piperidine rings is 1. The highest BCUT2D eigenvalue weighted by Crippen LogP contribution is 2.38. The van der Waals surface area contributed by atoms with E-state index in [9.17, 15) is 9.59 Å². The van der Waals surface area contributed by atoms with Crippen molar-refractivity contribution in [2.45, 2.75) is 51.0 Å². The zero-order valence-corrected chi connectivity index (χ0v) is 21.7. The van der Waals surface area contributed by atoms with Gasteiger partial charge in [-0.3, -0.25) is 9.59 Å². The van der Waals surface area contributed by atoms with E-state index in [2.05, 4.69) is 4.98 Å². The SMILES string of the molecule is COc1cc(C(=O)N2CCC3(CCCCOC[C@@H]4CCCN4C(=O)c4ccccc4OC3)CC2)ccn1. The third-order valence-electron chi connectivity index (χ3n) is 8.15. The minimum Gasteiger partial charge on any atom is -0.492 e. The summed E-state index contributed by atoms with van der Waals surface area (Å²) in [4.78, 5) is 34.6. The Morgan fingerprint density at radius 1 is 1.08 bits per heavy atom. The zero-order valence-electron chi connectivity index (χ0n) is 21.7. The highest BCUT2D eigenvalue weighted by Gasteiger charge is 2.38. The molecular weight excluding hydrogens is 470 g/mol. The van der Waals surface area contributed by atoms with Crippen LogP contribution in [0.1, 0.15) is 65.7 Å². The van der Waals surface area contributed by atoms with E-state index in [1.807, 2.05) is 34.1 Å². The van der Waals surface area contributed by atoms with Crippen molar-refractivity contribution < 1.29 is 23.8 Å². The standard InChI is InChI=1S/C29H37N3O5/c1-35-26-19-22(10-14-30-26)27(33)31-16-12-29(13-17-31)11-4-5-18-36-20-23-7-6-15-32(23)28(34)24-8-2-3-9-25(24)37-21-29/h2-3,8-10,14,19,23H,4-7,11-13,15-18,20-21H2,1H3/t23-/m0/s1. The smallest absolute Gasteiger partial charge is 0.257 e. The molecule has 0 aliphatic carbocycles. The topological polar surface area (TPSA) is 81.2 Å². The van der Waals surface area contributed by atoms with Crippen LogP contribution in [-0.4, -0.2) is 79.2 Å². The van der Waals surface area contributed by atoms with Crippen LogP contribution in [0, 0.1) is 5.41 Å². The lowest BCUT2D eigenvalue weighted by molar-refractivity contribution is 0.0303. The zero-order chi connectivity index (χ0) is 25.7. The van der Waals surface area contributed by atoms with Gasteiger partial charge in [-0.15, -0.1) is 0 Å². The van der Waals surface area contributed by atoms with Crippen LogP contribution >= 0.6 is 0 Å². The molecule has 2 amide bonds. The summed E-state index contributed by atoms with van der Waals surface area (Å²) >= 11 is 0. The molecule has 0 unspecified atom stereocenters. The molecule has 198 valence electrons. The van der Waals surface area contributed by atoms with Gasteiger partial charge in [-0.05, 0) is 56.7 Å². The average molecular weight is 508 g/mol. The second kappa shape index (κ2) is 11.5. The molecule has 0 bridgehead atoms. The summed E-state index contributed by atoms with van der Waals surface area (Å²) in [6.07, 6.45) is 8.35. The first-order valence-corrected chi connectivity index (χ1v) is 13.5. The second-order valence-electron chi connectivity index (χ2n) is 10.5. The monoisotopic (exact) mass is 507 g/mol. The number of likely N-dealkylation sites (tertiary alicyclic amines) is 1. The molecular formula is C29H37N3O5. The third-order valence-corrected chi connectivity index (χ3v) is 8.15. The van der Waals surface area contributed by atoms with Gasteiger partial charge in [-0.25, -0.2) is 4.98 Å². The Hall–Kier alpha value is -3.13. The predicted octanol–water partition coefficient (Wildman–Crippen LogP) is 4.20. The maximum atomic E-state index is 13.5. The molecule has 2 fully saturated rings. The highest BCUT2D eigenvalue weighted by molar-refractivity contribution is 5.97. The van der Waals surface area contributed by atoms with Crippen LogP contribution in [0.4, 0.5) is 0 Å². The third kappa shape index (κ3) is 5.74. The molecule has 1 aromatic carbocycles. The molecule has 8 heteroatoms. The van der Waals surface area contributed by atoms with Crippen molar-refractivity contribution in [1.82, 2.24) is 14.8 Å². The summed E-state index contributed by atoms with van der Waals surface area (Å²) in [5.41, 5.74) is 1.17. The molecule has 5 rings (SSSR count). The van der Waals surface area contributed by atoms with E-state index in [-0.39, 0.29) is 23.3 Å². The minimum atomic E-state index is -0.0524. The van der Waals surface area contributed by atoms with Crippen LogP contribution in [-0.2, 0) is 4.74 Å². The number of carbonyl (C=O) groups excluding carboxylic acids is 2. The first kappa shape index (κ1) is 25.5. The van der Waals surface area contributed by atoms with Crippen LogP contribution in [0.3, 0.4) is 0 Å². The number of aromatic nitrogens is 1. The van der Waals surface area contributed by atoms with E-state index in [0.29, 0.717) is 55.7 Å². The van der Waals surface area contributed by atoms with Gasteiger partial charge in [0.05, 0.1) is 31.9 Å². The molecule has 0 N–H and O–H groups in total. The Kier molecular flexibility index (Phi) is 7.93. The van der Waals surface area contributed by atoms with Crippen molar-refractivity contribution in [3.8, 4) is 11.6 Å². The number of fused-ring (bicyclic) bond motifs is 2. The van der Waals surface area contributed by atoms with Crippen LogP contribution in [0.25, 0.3) is 0 Å². The van der Waals surface area contributed by atoms with E-state index in [1.54, 1.807) is 25.4 Å². The van der Waals surface area contributed by atoms with Crippen molar-refractivity contribution in [3.63, 3.8) is 0 Å². The number of rotatable bonds is 2. The number of benzene rings is 1. The number of carbonyl (C=O) groups is 2. The van der Waals surface area contributed by atoms with Gasteiger partial charge in [0.25, 0.3) is 11.8 Å². The first-order chi connectivity index (χ1) is 18.1. The summed E-state index contributed by atoms with van der Waals surface area (Å²) in [6.45, 7) is 3.93. The van der Waals surface area contributed by atoms with Gasteiger partial charge in [-0.1, -0.05) is 18.6 Å². The van der Waals surface area contributed by atoms with Gasteiger partial charge in [-0.2, -0.15) is 0 Å². The molecule has 2 aromatic rings. The number of amides is 2. The summed E-state index contributed by atoms with van der Waals surface area (Å²) in [7, 11) is 1.55. The van der Waals surface area contributed by atoms with E-state index < -0.39 is 0 Å². The lowest BCUT2D eigenvalue weighted by Crippen LogP contribution is -2.45. The molecule has 1 spiro atoms. The highest BCUT2D eigenvalue weighted by atomic mass is 16.5. The fourth-order valence-electron chi connectivity index (χ4n) is 5.84. The molecule has 37 heavy (non-hydrogen) atoms. The van der Waals surface area contributed by atoms with Crippen LogP contribution < -0.4 is 9.47 Å². The maximum Gasteiger partial charge on any atom is 0.257 e. The molecule has 3 aliphatic heterocycles. The van der Waals surface area contributed by atoms with Crippen molar-refractivity contribution in [2.24, 2.45) is 5.41 Å². The molecule has 2 saturated heterocycles. The molecule has 1 atom stereocenters. The Morgan fingerprint density at radius 2 is 1.92 bits per heavy atom. The summed E-state index contributed by atoms with van der Waals surface area (Å²) < 4.78 is 17.7. The number of pyridine rings is 1. The summed E-state index contributed by atoms with van der Waals surface area (Å²) in [6, 6.07) is 11.2. The Balaban J connectivity index is 1.31. The predicted molar refractivity (Wildman–Crippen MR) is 139 cm³/mol. The lowest BCUT2D eigenvalue weighted by Gasteiger charge is -2.42. The lowest BCUT2D eigenvalue weighted by atomic mass is 9.75. The number of methoxy groups -OCH3 is 1. The van der Waals surface area contributed by atoms with E-state index in [4.69, 9.17) is 14.2 Å². The summed E-state index contributed by atoms with van der Waals surface area (Å²) in [5.74, 6) is 1.12. The normalized spacial score (nSPS) is 22.5. The Morgan fingerprint density at radius 3 is 2.76 bits per heavy atom. The van der Waals surface area contributed by atoms with Crippen molar-refractivity contribution in [1.29, 1.82) is 0 Å². The average Bonchev–Trinajstić information content (AvgIpc) is 3.42. The molecule has 0 saturated carbocycles. The van der Waals surface area contributed by atoms with Crippen LogP contribution in [0.5, 0.6) is 11.6 Å². The quantitative estimate of drug-likeness (QED) is 0.606. The van der Waals surface area contributed by atoms with Crippen molar-refractivity contribution in [2.75, 3.05) is 46.6 Å². The number of hydrogen-bond acceptors (Lipinski definition) is 6. The second-order valence-corrected chi connectivity index (χ2v) is 10.5. The van der Waals surface area contributed by atoms with E-state index in [0.717, 1.165) is 51.5 Å². The summed E-state index contributed by atoms with van der Waals surface area (Å²) in [5, 5.41) is 0. The van der Waals surface area contributed by atoms with Crippen molar-refractivity contribution in [3.05, 3.63) is 53.7 Å². The van der Waals surface area contributed by atoms with Crippen molar-refractivity contribution >= 4 is 11.8 Å². The van der Waals surface area contributed by atoms with Gasteiger partial charge < -0.3 is 24.0 Å². The Labute approximate surface area is 218 Å². The number of hydrogen-bond donors (Lipinski definition) is 0. The van der Waals surface area contributed by atoms with Gasteiger partial charge in [0.2, 0.25) is 5.88 Å². The fraction of sp³-hybridized carbons (Fsp3) is 0.552. The number of nitrogens with zero attached hydrogens (tertiary/aromatic N) is 3. The number of para-hydroxylation sites is 1. The minimum absolute atomic E-state index is 0.00173. The molecule has 3 aliphatic rings. The molecule has 0 radical (unpaired) electrons. The van der Waals surface area contributed by atoms with Gasteiger partial charge in [0, 0.05) is 49.5 Å². The van der Waals surface area contributed by atoms with E-state index in [1.165, 1.54) is 0 Å².